The highest BCUT2D eigenvalue weighted by molar-refractivity contribution is 6.13. The molecule has 0 bridgehead atoms. The van der Waals surface area contributed by atoms with E-state index >= 15 is 0 Å². The van der Waals surface area contributed by atoms with Crippen molar-refractivity contribution in [1.82, 2.24) is 15.7 Å². The first-order valence-electron chi connectivity index (χ1n) is 7.17. The number of rotatable bonds is 9. The predicted octanol–water partition coefficient (Wildman–Crippen LogP) is -2.25. The van der Waals surface area contributed by atoms with Crippen molar-refractivity contribution < 1.29 is 47.4 Å². The van der Waals surface area contributed by atoms with Gasteiger partial charge in [-0.05, 0) is 0 Å². The number of hydroxylamine groups is 1. The Kier molecular flexibility index (Phi) is 7.67. The molecule has 1 rings (SSSR count). The monoisotopic (exact) mass is 383 g/mol. The summed E-state index contributed by atoms with van der Waals surface area (Å²) in [6.45, 7) is -1.51. The molecule has 2 atom stereocenters. The summed E-state index contributed by atoms with van der Waals surface area (Å²) in [7, 11) is 0. The van der Waals surface area contributed by atoms with Crippen LogP contribution < -0.4 is 10.8 Å². The van der Waals surface area contributed by atoms with Crippen LogP contribution in [0, 0.1) is 0 Å². The van der Waals surface area contributed by atoms with E-state index < -0.39 is 55.2 Å². The van der Waals surface area contributed by atoms with Crippen LogP contribution in [-0.4, -0.2) is 76.8 Å². The third-order valence-electron chi connectivity index (χ3n) is 3.09. The van der Waals surface area contributed by atoms with Crippen molar-refractivity contribution in [2.45, 2.75) is 24.8 Å². The van der Waals surface area contributed by atoms with E-state index in [1.807, 2.05) is 0 Å². The lowest BCUT2D eigenvalue weighted by Crippen LogP contribution is -2.44. The lowest BCUT2D eigenvalue weighted by atomic mass is 10.2. The molecule has 0 fully saturated rings. The Balaban J connectivity index is 2.22. The maximum atomic E-state index is 11.9. The minimum absolute atomic E-state index is 0.179. The van der Waals surface area contributed by atoms with Gasteiger partial charge in [-0.25, -0.2) is 5.48 Å². The second-order valence-electron chi connectivity index (χ2n) is 5.09. The SMILES string of the molecule is O=C(CCN1C(=O)C=CC1=O)NC[C@@H](O)[C@H](O)CONC(=O)C(F)(F)F. The van der Waals surface area contributed by atoms with Crippen LogP contribution >= 0.6 is 0 Å². The Morgan fingerprint density at radius 2 is 1.73 bits per heavy atom. The Hall–Kier alpha value is -2.51. The Morgan fingerprint density at radius 3 is 2.27 bits per heavy atom. The molecule has 4 amide bonds. The van der Waals surface area contributed by atoms with Crippen LogP contribution in [-0.2, 0) is 24.0 Å². The van der Waals surface area contributed by atoms with E-state index in [9.17, 15) is 42.6 Å². The first kappa shape index (κ1) is 21.5. The maximum absolute atomic E-state index is 11.9. The quantitative estimate of drug-likeness (QED) is 0.260. The standard InChI is InChI=1S/C13H16F3N3O7/c14-13(15,16)12(25)18-26-6-8(21)7(20)5-17-9(22)3-4-19-10(23)1-2-11(19)24/h1-2,7-8,20-21H,3-6H2,(H,17,22)(H,18,25)/t7-,8-/m1/s1. The van der Waals surface area contributed by atoms with Gasteiger partial charge in [0, 0.05) is 31.7 Å². The van der Waals surface area contributed by atoms with Gasteiger partial charge >= 0.3 is 12.1 Å². The molecule has 0 unspecified atom stereocenters. The average Bonchev–Trinajstić information content (AvgIpc) is 2.87. The molecule has 0 aromatic heterocycles. The van der Waals surface area contributed by atoms with Crippen molar-refractivity contribution in [2.75, 3.05) is 19.7 Å². The van der Waals surface area contributed by atoms with E-state index in [2.05, 4.69) is 10.2 Å². The molecule has 146 valence electrons. The first-order chi connectivity index (χ1) is 12.0. The molecule has 0 saturated heterocycles. The molecule has 0 aromatic rings. The van der Waals surface area contributed by atoms with Crippen LogP contribution in [0.1, 0.15) is 6.42 Å². The first-order valence-corrected chi connectivity index (χ1v) is 7.17. The van der Waals surface area contributed by atoms with Crippen molar-refractivity contribution in [3.05, 3.63) is 12.2 Å². The minimum atomic E-state index is -5.16. The van der Waals surface area contributed by atoms with Crippen molar-refractivity contribution in [3.63, 3.8) is 0 Å². The molecule has 10 nitrogen and oxygen atoms in total. The van der Waals surface area contributed by atoms with E-state index in [0.29, 0.717) is 0 Å². The molecule has 0 aromatic carbocycles. The van der Waals surface area contributed by atoms with Gasteiger partial charge in [0.1, 0.15) is 12.7 Å². The van der Waals surface area contributed by atoms with Crippen LogP contribution in [0.3, 0.4) is 0 Å². The Bertz CT molecular complexity index is 576. The fourth-order valence-corrected chi connectivity index (χ4v) is 1.67. The molecule has 0 aliphatic carbocycles. The van der Waals surface area contributed by atoms with Crippen molar-refractivity contribution in [3.8, 4) is 0 Å². The lowest BCUT2D eigenvalue weighted by molar-refractivity contribution is -0.188. The van der Waals surface area contributed by atoms with Crippen LogP contribution in [0.5, 0.6) is 0 Å². The topological polar surface area (TPSA) is 145 Å². The number of halogens is 3. The summed E-state index contributed by atoms with van der Waals surface area (Å²) < 4.78 is 35.6. The van der Waals surface area contributed by atoms with Crippen molar-refractivity contribution >= 4 is 23.6 Å². The number of hydrogen-bond donors (Lipinski definition) is 4. The number of carbonyl (C=O) groups is 4. The molecule has 26 heavy (non-hydrogen) atoms. The summed E-state index contributed by atoms with van der Waals surface area (Å²) in [5.74, 6) is -4.14. The third-order valence-corrected chi connectivity index (χ3v) is 3.09. The van der Waals surface area contributed by atoms with E-state index in [-0.39, 0.29) is 13.0 Å². The molecule has 0 radical (unpaired) electrons. The van der Waals surface area contributed by atoms with Gasteiger partial charge < -0.3 is 15.5 Å². The molecular weight excluding hydrogens is 367 g/mol. The molecule has 0 spiro atoms. The zero-order chi connectivity index (χ0) is 19.9. The van der Waals surface area contributed by atoms with E-state index in [4.69, 9.17) is 0 Å². The van der Waals surface area contributed by atoms with E-state index in [1.165, 1.54) is 0 Å². The number of carbonyl (C=O) groups excluding carboxylic acids is 4. The number of aliphatic hydroxyl groups excluding tert-OH is 2. The summed E-state index contributed by atoms with van der Waals surface area (Å²) in [6, 6.07) is 0. The highest BCUT2D eigenvalue weighted by atomic mass is 19.4. The summed E-state index contributed by atoms with van der Waals surface area (Å²) in [5, 5.41) is 21.2. The predicted molar refractivity (Wildman–Crippen MR) is 75.7 cm³/mol. The second-order valence-corrected chi connectivity index (χ2v) is 5.09. The molecule has 0 saturated carbocycles. The van der Waals surface area contributed by atoms with E-state index in [1.54, 1.807) is 0 Å². The number of hydrogen-bond acceptors (Lipinski definition) is 7. The van der Waals surface area contributed by atoms with Crippen LogP contribution in [0.15, 0.2) is 12.2 Å². The molecule has 1 aliphatic rings. The minimum Gasteiger partial charge on any atom is -0.388 e. The van der Waals surface area contributed by atoms with Crippen molar-refractivity contribution in [1.29, 1.82) is 0 Å². The van der Waals surface area contributed by atoms with Gasteiger partial charge in [-0.1, -0.05) is 0 Å². The van der Waals surface area contributed by atoms with Gasteiger partial charge in [-0.3, -0.25) is 28.9 Å². The number of imide groups is 1. The van der Waals surface area contributed by atoms with Gasteiger partial charge in [0.05, 0.1) is 6.10 Å². The number of nitrogens with zero attached hydrogens (tertiary/aromatic N) is 1. The number of alkyl halides is 3. The molecule has 1 aliphatic heterocycles. The van der Waals surface area contributed by atoms with Crippen LogP contribution in [0.25, 0.3) is 0 Å². The zero-order valence-corrected chi connectivity index (χ0v) is 13.2. The average molecular weight is 383 g/mol. The van der Waals surface area contributed by atoms with Gasteiger partial charge in [0.15, 0.2) is 0 Å². The summed E-state index contributed by atoms with van der Waals surface area (Å²) in [4.78, 5) is 49.5. The van der Waals surface area contributed by atoms with Gasteiger partial charge in [-0.15, -0.1) is 0 Å². The Morgan fingerprint density at radius 1 is 1.15 bits per heavy atom. The third kappa shape index (κ3) is 6.78. The second kappa shape index (κ2) is 9.26. The highest BCUT2D eigenvalue weighted by Gasteiger charge is 2.39. The van der Waals surface area contributed by atoms with Gasteiger partial charge in [0.2, 0.25) is 5.91 Å². The van der Waals surface area contributed by atoms with E-state index in [0.717, 1.165) is 22.5 Å². The fraction of sp³-hybridized carbons (Fsp3) is 0.538. The van der Waals surface area contributed by atoms with Crippen LogP contribution in [0.2, 0.25) is 0 Å². The molecule has 4 N–H and O–H groups in total. The summed E-state index contributed by atoms with van der Waals surface area (Å²) in [5.41, 5.74) is 1.04. The largest absolute Gasteiger partial charge is 0.473 e. The molecule has 13 heteroatoms. The van der Waals surface area contributed by atoms with Crippen molar-refractivity contribution in [2.24, 2.45) is 0 Å². The normalized spacial score (nSPS) is 16.6. The highest BCUT2D eigenvalue weighted by Crippen LogP contribution is 2.13. The van der Waals surface area contributed by atoms with Crippen LogP contribution in [0.4, 0.5) is 13.2 Å². The zero-order valence-electron chi connectivity index (χ0n) is 13.2. The smallest absolute Gasteiger partial charge is 0.388 e. The number of amides is 4. The Labute approximate surface area is 144 Å². The summed E-state index contributed by atoms with van der Waals surface area (Å²) >= 11 is 0. The fourth-order valence-electron chi connectivity index (χ4n) is 1.67. The lowest BCUT2D eigenvalue weighted by Gasteiger charge is -2.19. The maximum Gasteiger partial charge on any atom is 0.473 e. The van der Waals surface area contributed by atoms with Gasteiger partial charge in [-0.2, -0.15) is 13.2 Å². The number of aliphatic hydroxyl groups is 2. The number of nitrogens with one attached hydrogen (secondary N) is 2. The molecular formula is C13H16F3N3O7. The van der Waals surface area contributed by atoms with Gasteiger partial charge in [0.25, 0.3) is 11.8 Å². The molecule has 1 heterocycles. The summed E-state index contributed by atoms with van der Waals surface area (Å²) in [6.07, 6.45) is -6.60.